The van der Waals surface area contributed by atoms with Crippen LogP contribution in [0.25, 0.3) is 11.0 Å². The van der Waals surface area contributed by atoms with Crippen LogP contribution < -0.4 is 0 Å². The van der Waals surface area contributed by atoms with Crippen molar-refractivity contribution in [1.29, 1.82) is 0 Å². The fourth-order valence-electron chi connectivity index (χ4n) is 5.87. The number of nitrogens with one attached hydrogen (secondary N) is 1. The van der Waals surface area contributed by atoms with Crippen molar-refractivity contribution in [2.45, 2.75) is 43.8 Å². The molecule has 9 heteroatoms. The molecule has 3 aliphatic rings. The van der Waals surface area contributed by atoms with E-state index in [0.717, 1.165) is 58.1 Å². The Balaban J connectivity index is 1.32. The van der Waals surface area contributed by atoms with E-state index in [0.29, 0.717) is 11.5 Å². The van der Waals surface area contributed by atoms with Gasteiger partial charge in [-0.1, -0.05) is 24.3 Å². The van der Waals surface area contributed by atoms with Crippen molar-refractivity contribution in [3.8, 4) is 0 Å². The summed E-state index contributed by atoms with van der Waals surface area (Å²) in [6, 6.07) is 9.76. The summed E-state index contributed by atoms with van der Waals surface area (Å²) in [7, 11) is 0. The van der Waals surface area contributed by atoms with Crippen LogP contribution in [0, 0.1) is 5.41 Å². The number of nitrogens with zero attached hydrogens (tertiary/aromatic N) is 4. The third-order valence-electron chi connectivity index (χ3n) is 7.71. The van der Waals surface area contributed by atoms with Crippen LogP contribution in [-0.2, 0) is 17.3 Å². The molecular weight excluding hydrogens is 443 g/mol. The van der Waals surface area contributed by atoms with Gasteiger partial charge in [-0.25, -0.2) is 15.0 Å². The van der Waals surface area contributed by atoms with Crippen molar-refractivity contribution >= 4 is 23.1 Å². The van der Waals surface area contributed by atoms with Gasteiger partial charge in [0.1, 0.15) is 17.7 Å². The lowest BCUT2D eigenvalue weighted by Crippen LogP contribution is -2.63. The summed E-state index contributed by atoms with van der Waals surface area (Å²) in [5.41, 5.74) is 2.22. The van der Waals surface area contributed by atoms with E-state index >= 15 is 0 Å². The number of alkyl halides is 3. The number of hydrogen-bond donors (Lipinski definition) is 1. The van der Waals surface area contributed by atoms with Crippen LogP contribution in [0.2, 0.25) is 0 Å². The zero-order valence-electron chi connectivity index (χ0n) is 18.7. The van der Waals surface area contributed by atoms with Gasteiger partial charge >= 0.3 is 6.18 Å². The van der Waals surface area contributed by atoms with Gasteiger partial charge in [0.2, 0.25) is 0 Å². The highest BCUT2D eigenvalue weighted by Gasteiger charge is 2.48. The third kappa shape index (κ3) is 3.80. The number of aryl methyl sites for hydroxylation is 1. The first-order valence-corrected chi connectivity index (χ1v) is 11.8. The first kappa shape index (κ1) is 21.7. The number of fused-ring (bicyclic) bond motifs is 2. The molecule has 1 unspecified atom stereocenters. The van der Waals surface area contributed by atoms with Crippen LogP contribution in [0.15, 0.2) is 41.7 Å². The second kappa shape index (κ2) is 8.16. The van der Waals surface area contributed by atoms with E-state index in [2.05, 4.69) is 43.0 Å². The van der Waals surface area contributed by atoms with Crippen molar-refractivity contribution in [3.05, 3.63) is 53.5 Å². The number of likely N-dealkylation sites (tertiary alicyclic amines) is 1. The van der Waals surface area contributed by atoms with Crippen LogP contribution in [-0.4, -0.2) is 58.4 Å². The number of aromatic nitrogens is 3. The van der Waals surface area contributed by atoms with Gasteiger partial charge < -0.3 is 9.72 Å². The molecule has 178 valence electrons. The Labute approximate surface area is 195 Å². The Bertz CT molecular complexity index is 1220. The molecule has 1 N–H and O–H groups in total. The van der Waals surface area contributed by atoms with E-state index in [1.807, 2.05) is 12.3 Å². The standard InChI is InChI=1S/C25H26F3N5O/c26-25(27,28)21-11-18-22(30-15-31-23(18)32-21)29-12-19-17-4-2-1-3-16(17)5-6-20(19)33-13-24(14-33)7-9-34-10-8-24/h1-4,11-12,15,19-20H,5-10,13-14H2,(H,30,31,32)/t19?,20-/m0/s1. The fourth-order valence-corrected chi connectivity index (χ4v) is 5.87. The molecule has 0 bridgehead atoms. The fraction of sp³-hybridized carbons (Fsp3) is 0.480. The molecule has 3 aromatic rings. The van der Waals surface area contributed by atoms with Crippen molar-refractivity contribution in [2.75, 3.05) is 26.3 Å². The second-order valence-corrected chi connectivity index (χ2v) is 9.77. The summed E-state index contributed by atoms with van der Waals surface area (Å²) in [4.78, 5) is 17.7. The third-order valence-corrected chi connectivity index (χ3v) is 7.71. The minimum Gasteiger partial charge on any atom is -0.381 e. The highest BCUT2D eigenvalue weighted by molar-refractivity contribution is 5.88. The molecule has 0 radical (unpaired) electrons. The van der Waals surface area contributed by atoms with Gasteiger partial charge in [-0.2, -0.15) is 13.2 Å². The Hall–Kier alpha value is -2.78. The second-order valence-electron chi connectivity index (χ2n) is 9.77. The molecule has 1 aromatic carbocycles. The van der Waals surface area contributed by atoms with Crippen molar-refractivity contribution < 1.29 is 17.9 Å². The van der Waals surface area contributed by atoms with Gasteiger partial charge in [0.15, 0.2) is 5.82 Å². The number of H-pyrrole nitrogens is 1. The molecule has 2 atom stereocenters. The molecule has 1 spiro atoms. The van der Waals surface area contributed by atoms with Crippen LogP contribution in [0.1, 0.15) is 42.0 Å². The Morgan fingerprint density at radius 1 is 1.15 bits per heavy atom. The monoisotopic (exact) mass is 469 g/mol. The lowest BCUT2D eigenvalue weighted by molar-refractivity contribution is -0.140. The maximum absolute atomic E-state index is 13.2. The number of ether oxygens (including phenoxy) is 1. The number of aliphatic imine (C=N–C) groups is 1. The number of halogens is 3. The molecule has 34 heavy (non-hydrogen) atoms. The average Bonchev–Trinajstić information content (AvgIpc) is 3.27. The molecule has 2 aromatic heterocycles. The lowest BCUT2D eigenvalue weighted by atomic mass is 9.70. The first-order chi connectivity index (χ1) is 16.4. The highest BCUT2D eigenvalue weighted by Crippen LogP contribution is 2.45. The number of benzene rings is 1. The topological polar surface area (TPSA) is 66.4 Å². The smallest absolute Gasteiger partial charge is 0.381 e. The van der Waals surface area contributed by atoms with Crippen LogP contribution in [0.3, 0.4) is 0 Å². The highest BCUT2D eigenvalue weighted by atomic mass is 19.4. The van der Waals surface area contributed by atoms with E-state index in [-0.39, 0.29) is 22.8 Å². The van der Waals surface area contributed by atoms with Gasteiger partial charge in [0.05, 0.1) is 5.39 Å². The van der Waals surface area contributed by atoms with E-state index in [4.69, 9.17) is 4.74 Å². The quantitative estimate of drug-likeness (QED) is 0.555. The van der Waals surface area contributed by atoms with E-state index < -0.39 is 11.9 Å². The molecule has 2 fully saturated rings. The van der Waals surface area contributed by atoms with Crippen molar-refractivity contribution in [2.24, 2.45) is 10.4 Å². The van der Waals surface area contributed by atoms with Gasteiger partial charge in [-0.3, -0.25) is 4.90 Å². The predicted molar refractivity (Wildman–Crippen MR) is 122 cm³/mol. The van der Waals surface area contributed by atoms with Crippen LogP contribution in [0.5, 0.6) is 0 Å². The van der Waals surface area contributed by atoms with Crippen molar-refractivity contribution in [1.82, 2.24) is 19.9 Å². The predicted octanol–water partition coefficient (Wildman–Crippen LogP) is 4.89. The van der Waals surface area contributed by atoms with E-state index in [9.17, 15) is 13.2 Å². The van der Waals surface area contributed by atoms with Crippen LogP contribution in [0.4, 0.5) is 19.0 Å². The van der Waals surface area contributed by atoms with Crippen molar-refractivity contribution in [3.63, 3.8) is 0 Å². The molecule has 6 rings (SSSR count). The molecule has 0 saturated carbocycles. The molecule has 6 nitrogen and oxygen atoms in total. The number of aromatic amines is 1. The molecule has 2 aliphatic heterocycles. The molecule has 1 aliphatic carbocycles. The largest absolute Gasteiger partial charge is 0.431 e. The zero-order chi connectivity index (χ0) is 23.3. The molecular formula is C25H26F3N5O. The molecule has 0 amide bonds. The Kier molecular flexibility index (Phi) is 5.22. The summed E-state index contributed by atoms with van der Waals surface area (Å²) in [5, 5.41) is 0.275. The van der Waals surface area contributed by atoms with Crippen LogP contribution >= 0.6 is 0 Å². The average molecular weight is 470 g/mol. The maximum atomic E-state index is 13.2. The minimum absolute atomic E-state index is 0.0492. The maximum Gasteiger partial charge on any atom is 0.431 e. The van der Waals surface area contributed by atoms with E-state index in [1.54, 1.807) is 0 Å². The summed E-state index contributed by atoms with van der Waals surface area (Å²) >= 11 is 0. The first-order valence-electron chi connectivity index (χ1n) is 11.8. The SMILES string of the molecule is FC(F)(F)c1cc2c(N=CC3c4ccccc4CC[C@@H]3N3CC4(CCOCC4)C3)ncnc2[nH]1. The Morgan fingerprint density at radius 2 is 1.94 bits per heavy atom. The number of rotatable bonds is 3. The number of hydrogen-bond acceptors (Lipinski definition) is 5. The lowest BCUT2D eigenvalue weighted by Gasteiger charge is -2.57. The molecule has 2 saturated heterocycles. The zero-order valence-corrected chi connectivity index (χ0v) is 18.7. The van der Waals surface area contributed by atoms with Gasteiger partial charge in [0, 0.05) is 49.9 Å². The molecule has 4 heterocycles. The van der Waals surface area contributed by atoms with Gasteiger partial charge in [-0.15, -0.1) is 0 Å². The van der Waals surface area contributed by atoms with Gasteiger partial charge in [-0.05, 0) is 42.9 Å². The summed E-state index contributed by atoms with van der Waals surface area (Å²) < 4.78 is 45.2. The summed E-state index contributed by atoms with van der Waals surface area (Å²) in [5.74, 6) is 0.302. The Morgan fingerprint density at radius 3 is 2.74 bits per heavy atom. The minimum atomic E-state index is -4.48. The van der Waals surface area contributed by atoms with Gasteiger partial charge in [0.25, 0.3) is 0 Å². The summed E-state index contributed by atoms with van der Waals surface area (Å²) in [6.45, 7) is 3.81. The summed E-state index contributed by atoms with van der Waals surface area (Å²) in [6.07, 6.45) is 2.93. The van der Waals surface area contributed by atoms with E-state index in [1.165, 1.54) is 17.5 Å². The normalized spacial score (nSPS) is 25.0.